The Hall–Kier alpha value is -6.29. The van der Waals surface area contributed by atoms with Crippen molar-refractivity contribution in [1.29, 1.82) is 0 Å². The number of quaternary nitrogens is 1. The Labute approximate surface area is 448 Å². The first-order chi connectivity index (χ1) is 37.1. The van der Waals surface area contributed by atoms with Crippen LogP contribution in [0.3, 0.4) is 0 Å². The van der Waals surface area contributed by atoms with E-state index < -0.39 is 37.6 Å². The number of nitro benzene ring substituents is 1. The van der Waals surface area contributed by atoms with Crippen LogP contribution in [0.2, 0.25) is 0 Å². The molecule has 1 aliphatic carbocycles. The number of unbranched alkanes of at least 4 members (excludes halogenated alkanes) is 10. The van der Waals surface area contributed by atoms with Gasteiger partial charge in [0.15, 0.2) is 22.3 Å². The number of aromatic nitrogens is 3. The highest BCUT2D eigenvalue weighted by Crippen LogP contribution is 2.49. The summed E-state index contributed by atoms with van der Waals surface area (Å²) in [5.74, 6) is -0.233. The van der Waals surface area contributed by atoms with Gasteiger partial charge in [-0.1, -0.05) is 51.4 Å². The van der Waals surface area contributed by atoms with Crippen molar-refractivity contribution in [2.45, 2.75) is 110 Å². The molecular formula is C54H75N7O15P+. The minimum absolute atomic E-state index is 0.0137. The Balaban J connectivity index is 0.924. The van der Waals surface area contributed by atoms with Crippen LogP contribution in [0.4, 0.5) is 17.1 Å². The fourth-order valence-electron chi connectivity index (χ4n) is 8.45. The van der Waals surface area contributed by atoms with Crippen LogP contribution >= 0.6 is 7.82 Å². The number of carbonyl (C=O) groups is 2. The molecule has 77 heavy (non-hydrogen) atoms. The highest BCUT2D eigenvalue weighted by Gasteiger charge is 2.31. The van der Waals surface area contributed by atoms with Crippen LogP contribution in [0.5, 0.6) is 5.75 Å². The topological polar surface area (TPSA) is 256 Å². The highest BCUT2D eigenvalue weighted by molar-refractivity contribution is 7.48. The SMILES string of the molecule is CCN(CC)c1ccc2nc3c4cc(OCCCCC(=O)OC(COCCCCCCCCCCCCNc5ccc([N+](=O)[O-])c6nonc56)COP(=O)(OCC[N+](C)(C)C)OCOC(C)=O)ccc4c(=O)cc-3oc2c1. The Morgan fingerprint density at radius 2 is 1.52 bits per heavy atom. The van der Waals surface area contributed by atoms with E-state index in [4.69, 9.17) is 46.5 Å². The maximum atomic E-state index is 13.7. The number of carbonyl (C=O) groups excluding carboxylic acids is 2. The maximum Gasteiger partial charge on any atom is 0.478 e. The van der Waals surface area contributed by atoms with Crippen LogP contribution in [-0.4, -0.2) is 130 Å². The molecule has 0 fully saturated rings. The van der Waals surface area contributed by atoms with Crippen LogP contribution in [0, 0.1) is 10.1 Å². The van der Waals surface area contributed by atoms with Gasteiger partial charge in [-0.05, 0) is 86.2 Å². The largest absolute Gasteiger partial charge is 0.494 e. The lowest BCUT2D eigenvalue weighted by atomic mass is 10.0. The fraction of sp³-hybridized carbons (Fsp3) is 0.556. The molecule has 22 nitrogen and oxygen atoms in total. The molecule has 420 valence electrons. The minimum Gasteiger partial charge on any atom is -0.494 e. The molecule has 0 radical (unpaired) electrons. The molecule has 3 aromatic carbocycles. The van der Waals surface area contributed by atoms with E-state index in [0.29, 0.717) is 87.3 Å². The number of non-ortho nitro benzene ring substituents is 1. The standard InChI is InChI=1S/C54H75N7O15P/c1-7-59(8-2)40-22-25-45-49(33-40)75-50-35-48(63)43-24-23-41(34-44(43)52(50)56-45)69-31-20-17-21-51(64)74-42(37-72-77(67,73-38-70-39(3)62)71-32-29-61(4,5)6)36-68-30-19-16-14-12-10-9-11-13-15-18-28-55-46-26-27-47(60(65)66)54-53(46)57-76-58-54/h22-27,33-35,42,55H,7-21,28-32,36-38H2,1-6H3/q+1. The summed E-state index contributed by atoms with van der Waals surface area (Å²) >= 11 is 0. The molecule has 2 heterocycles. The van der Waals surface area contributed by atoms with Crippen molar-refractivity contribution in [2.24, 2.45) is 0 Å². The molecular weight excluding hydrogens is 1020 g/mol. The van der Waals surface area contributed by atoms with E-state index in [-0.39, 0.29) is 49.5 Å². The summed E-state index contributed by atoms with van der Waals surface area (Å²) in [6, 6.07) is 15.6. The smallest absolute Gasteiger partial charge is 0.478 e. The van der Waals surface area contributed by atoms with Crippen LogP contribution in [0.1, 0.15) is 104 Å². The second kappa shape index (κ2) is 30.0. The van der Waals surface area contributed by atoms with Gasteiger partial charge in [0.05, 0.1) is 51.6 Å². The van der Waals surface area contributed by atoms with Crippen molar-refractivity contribution in [3.63, 3.8) is 0 Å². The zero-order valence-electron chi connectivity index (χ0n) is 45.3. The summed E-state index contributed by atoms with van der Waals surface area (Å²) < 4.78 is 64.4. The lowest BCUT2D eigenvalue weighted by Crippen LogP contribution is -2.37. The molecule has 0 spiro atoms. The van der Waals surface area contributed by atoms with Crippen molar-refractivity contribution in [1.82, 2.24) is 15.3 Å². The first kappa shape index (κ1) is 59.9. The lowest BCUT2D eigenvalue weighted by Gasteiger charge is -2.25. The number of ether oxygens (including phenoxy) is 4. The molecule has 0 bridgehead atoms. The van der Waals surface area contributed by atoms with Gasteiger partial charge in [0.2, 0.25) is 12.3 Å². The molecule has 6 rings (SSSR count). The highest BCUT2D eigenvalue weighted by atomic mass is 31.2. The van der Waals surface area contributed by atoms with Gasteiger partial charge in [-0.15, -0.1) is 0 Å². The minimum atomic E-state index is -4.27. The zero-order chi connectivity index (χ0) is 55.2. The van der Waals surface area contributed by atoms with Gasteiger partial charge < -0.3 is 38.1 Å². The molecule has 0 saturated carbocycles. The Morgan fingerprint density at radius 1 is 0.805 bits per heavy atom. The van der Waals surface area contributed by atoms with Crippen molar-refractivity contribution in [3.05, 3.63) is 74.9 Å². The molecule has 2 atom stereocenters. The quantitative estimate of drug-likeness (QED) is 0.00438. The monoisotopic (exact) mass is 1090 g/mol. The van der Waals surface area contributed by atoms with Crippen molar-refractivity contribution in [2.75, 3.05) is 97.4 Å². The van der Waals surface area contributed by atoms with E-state index in [1.165, 1.54) is 19.1 Å². The van der Waals surface area contributed by atoms with Gasteiger partial charge in [-0.2, -0.15) is 0 Å². The van der Waals surface area contributed by atoms with Gasteiger partial charge in [0, 0.05) is 74.2 Å². The number of nitrogens with zero attached hydrogens (tertiary/aromatic N) is 6. The number of benzene rings is 4. The predicted molar refractivity (Wildman–Crippen MR) is 291 cm³/mol. The molecule has 1 aliphatic heterocycles. The van der Waals surface area contributed by atoms with Crippen LogP contribution in [0.15, 0.2) is 68.4 Å². The predicted octanol–water partition coefficient (Wildman–Crippen LogP) is 10.6. The summed E-state index contributed by atoms with van der Waals surface area (Å²) in [4.78, 5) is 55.7. The second-order valence-corrected chi connectivity index (χ2v) is 21.4. The maximum absolute atomic E-state index is 13.7. The summed E-state index contributed by atoms with van der Waals surface area (Å²) in [5, 5.41) is 23.1. The van der Waals surface area contributed by atoms with Crippen LogP contribution in [-0.2, 0) is 41.9 Å². The number of nitro groups is 1. The number of nitrogens with one attached hydrogen (secondary N) is 1. The lowest BCUT2D eigenvalue weighted by molar-refractivity contribution is -0.870. The molecule has 4 aromatic rings. The third-order valence-corrected chi connectivity index (χ3v) is 14.1. The number of phosphoric acid groups is 1. The number of hydrogen-bond acceptors (Lipinski definition) is 20. The van der Waals surface area contributed by atoms with E-state index >= 15 is 0 Å². The van der Waals surface area contributed by atoms with E-state index in [1.54, 1.807) is 24.3 Å². The van der Waals surface area contributed by atoms with Gasteiger partial charge >= 0.3 is 25.4 Å². The normalized spacial score (nSPS) is 13.0. The molecule has 2 unspecified atom stereocenters. The molecule has 0 saturated heterocycles. The Bertz CT molecular complexity index is 2920. The zero-order valence-corrected chi connectivity index (χ0v) is 46.2. The summed E-state index contributed by atoms with van der Waals surface area (Å²) in [5.41, 5.74) is 3.64. The van der Waals surface area contributed by atoms with E-state index in [9.17, 15) is 29.1 Å². The third kappa shape index (κ3) is 19.0. The first-order valence-electron chi connectivity index (χ1n) is 26.6. The Morgan fingerprint density at radius 3 is 2.23 bits per heavy atom. The molecule has 2 aliphatic rings. The van der Waals surface area contributed by atoms with Gasteiger partial charge in [0.1, 0.15) is 36.2 Å². The number of anilines is 2. The van der Waals surface area contributed by atoms with Gasteiger partial charge in [-0.25, -0.2) is 18.7 Å². The molecule has 23 heteroatoms. The Kier molecular flexibility index (Phi) is 23.4. The summed E-state index contributed by atoms with van der Waals surface area (Å²) in [7, 11) is 1.55. The summed E-state index contributed by atoms with van der Waals surface area (Å²) in [6.45, 7) is 7.89. The van der Waals surface area contributed by atoms with Gasteiger partial charge in [-0.3, -0.25) is 33.5 Å². The molecule has 1 aromatic heterocycles. The molecule has 0 amide bonds. The number of esters is 2. The number of likely N-dealkylation sites (N-methyl/N-ethyl adjacent to an activating group) is 1. The van der Waals surface area contributed by atoms with E-state index in [0.717, 1.165) is 83.0 Å². The number of fused-ring (bicyclic) bond motifs is 5. The number of rotatable bonds is 37. The molecule has 1 N–H and O–H groups in total. The van der Waals surface area contributed by atoms with Crippen molar-refractivity contribution in [3.8, 4) is 17.2 Å². The number of hydrogen-bond donors (Lipinski definition) is 1. The van der Waals surface area contributed by atoms with Crippen molar-refractivity contribution < 1.29 is 65.1 Å². The summed E-state index contributed by atoms with van der Waals surface area (Å²) in [6.07, 6.45) is 10.5. The van der Waals surface area contributed by atoms with Crippen LogP contribution in [0.25, 0.3) is 44.4 Å². The number of phosphoric ester groups is 1. The third-order valence-electron chi connectivity index (χ3n) is 12.7. The van der Waals surface area contributed by atoms with Crippen LogP contribution < -0.4 is 20.4 Å². The van der Waals surface area contributed by atoms with E-state index in [2.05, 4.69) is 34.4 Å². The average Bonchev–Trinajstić information content (AvgIpc) is 3.89. The van der Waals surface area contributed by atoms with E-state index in [1.807, 2.05) is 39.3 Å². The van der Waals surface area contributed by atoms with Gasteiger partial charge in [0.25, 0.3) is 0 Å². The van der Waals surface area contributed by atoms with Crippen molar-refractivity contribution >= 4 is 69.7 Å². The average molecular weight is 1090 g/mol. The first-order valence-corrected chi connectivity index (χ1v) is 28.1. The second-order valence-electron chi connectivity index (χ2n) is 19.7. The fourth-order valence-corrected chi connectivity index (χ4v) is 9.51.